The van der Waals surface area contributed by atoms with E-state index in [1.165, 1.54) is 0 Å². The average molecular weight is 362 g/mol. The minimum absolute atomic E-state index is 0.173. The minimum atomic E-state index is -0.173. The molecule has 0 fully saturated rings. The molecule has 0 aliphatic heterocycles. The van der Waals surface area contributed by atoms with Gasteiger partial charge in [-0.15, -0.1) is 0 Å². The van der Waals surface area contributed by atoms with Crippen molar-refractivity contribution in [1.29, 1.82) is 0 Å². The summed E-state index contributed by atoms with van der Waals surface area (Å²) in [4.78, 5) is 16.5. The van der Waals surface area contributed by atoms with Gasteiger partial charge in [-0.05, 0) is 52.5 Å². The standard InChI is InChI=1S/C17H20BrN3O/c1-12(2)9-10-19-16-8-7-13(11-20-16)17(22)21-15-6-4-3-5-14(15)18/h3-8,11-12H,9-10H2,1-2H3,(H,19,20)(H,21,22). The fraction of sp³-hybridized carbons (Fsp3) is 0.294. The Bertz CT molecular complexity index is 626. The second kappa shape index (κ2) is 7.94. The van der Waals surface area contributed by atoms with Crippen LogP contribution in [0, 0.1) is 5.92 Å². The van der Waals surface area contributed by atoms with Crippen LogP contribution in [0.4, 0.5) is 11.5 Å². The summed E-state index contributed by atoms with van der Waals surface area (Å²) in [6.45, 7) is 5.25. The van der Waals surface area contributed by atoms with Crippen molar-refractivity contribution in [2.45, 2.75) is 20.3 Å². The fourth-order valence-corrected chi connectivity index (χ4v) is 2.26. The Kier molecular flexibility index (Phi) is 5.95. The van der Waals surface area contributed by atoms with Crippen molar-refractivity contribution >= 4 is 33.3 Å². The third-order valence-corrected chi connectivity index (χ3v) is 3.87. The first-order chi connectivity index (χ1) is 10.6. The number of amides is 1. The molecule has 5 heteroatoms. The molecule has 2 N–H and O–H groups in total. The molecule has 0 atom stereocenters. The Hall–Kier alpha value is -1.88. The van der Waals surface area contributed by atoms with Gasteiger partial charge in [0.2, 0.25) is 0 Å². The lowest BCUT2D eigenvalue weighted by Crippen LogP contribution is -2.13. The molecule has 1 heterocycles. The molecule has 0 aliphatic rings. The van der Waals surface area contributed by atoms with Gasteiger partial charge in [-0.2, -0.15) is 0 Å². The van der Waals surface area contributed by atoms with Gasteiger partial charge in [0.15, 0.2) is 0 Å². The zero-order valence-electron chi connectivity index (χ0n) is 12.8. The number of carbonyl (C=O) groups is 1. The first-order valence-corrected chi connectivity index (χ1v) is 8.11. The number of benzene rings is 1. The van der Waals surface area contributed by atoms with Crippen molar-refractivity contribution in [3.63, 3.8) is 0 Å². The van der Waals surface area contributed by atoms with E-state index in [2.05, 4.69) is 45.4 Å². The van der Waals surface area contributed by atoms with Crippen LogP contribution >= 0.6 is 15.9 Å². The quantitative estimate of drug-likeness (QED) is 0.792. The van der Waals surface area contributed by atoms with E-state index in [0.29, 0.717) is 11.5 Å². The van der Waals surface area contributed by atoms with Gasteiger partial charge in [-0.1, -0.05) is 26.0 Å². The van der Waals surface area contributed by atoms with Gasteiger partial charge in [0.1, 0.15) is 5.82 Å². The highest BCUT2D eigenvalue weighted by Gasteiger charge is 2.08. The molecule has 2 rings (SSSR count). The van der Waals surface area contributed by atoms with Crippen molar-refractivity contribution in [3.8, 4) is 0 Å². The maximum Gasteiger partial charge on any atom is 0.257 e. The second-order valence-electron chi connectivity index (χ2n) is 5.48. The summed E-state index contributed by atoms with van der Waals surface area (Å²) in [5, 5.41) is 6.11. The number of para-hydroxylation sites is 1. The maximum atomic E-state index is 12.2. The lowest BCUT2D eigenvalue weighted by Gasteiger charge is -2.09. The van der Waals surface area contributed by atoms with E-state index in [1.807, 2.05) is 30.3 Å². The molecule has 0 bridgehead atoms. The third-order valence-electron chi connectivity index (χ3n) is 3.18. The van der Waals surface area contributed by atoms with Gasteiger partial charge in [-0.3, -0.25) is 4.79 Å². The molecule has 0 unspecified atom stereocenters. The van der Waals surface area contributed by atoms with Crippen LogP contribution in [0.5, 0.6) is 0 Å². The maximum absolute atomic E-state index is 12.2. The third kappa shape index (κ3) is 4.84. The summed E-state index contributed by atoms with van der Waals surface area (Å²) in [6, 6.07) is 11.1. The predicted molar refractivity (Wildman–Crippen MR) is 94.3 cm³/mol. The Labute approximate surface area is 139 Å². The highest BCUT2D eigenvalue weighted by Crippen LogP contribution is 2.21. The van der Waals surface area contributed by atoms with Gasteiger partial charge < -0.3 is 10.6 Å². The lowest BCUT2D eigenvalue weighted by molar-refractivity contribution is 0.102. The first kappa shape index (κ1) is 16.5. The molecule has 1 aromatic carbocycles. The van der Waals surface area contributed by atoms with Crippen LogP contribution in [0.2, 0.25) is 0 Å². The fourth-order valence-electron chi connectivity index (χ4n) is 1.88. The molecule has 0 saturated heterocycles. The van der Waals surface area contributed by atoms with Gasteiger partial charge in [0.25, 0.3) is 5.91 Å². The lowest BCUT2D eigenvalue weighted by atomic mass is 10.1. The summed E-state index contributed by atoms with van der Waals surface area (Å²) in [7, 11) is 0. The van der Waals surface area contributed by atoms with E-state index in [9.17, 15) is 4.79 Å². The van der Waals surface area contributed by atoms with E-state index in [4.69, 9.17) is 0 Å². The van der Waals surface area contributed by atoms with E-state index < -0.39 is 0 Å². The van der Waals surface area contributed by atoms with Crippen LogP contribution in [0.3, 0.4) is 0 Å². The Morgan fingerprint density at radius 3 is 2.64 bits per heavy atom. The highest BCUT2D eigenvalue weighted by molar-refractivity contribution is 9.10. The number of halogens is 1. The SMILES string of the molecule is CC(C)CCNc1ccc(C(=O)Nc2ccccc2Br)cn1. The molecule has 116 valence electrons. The highest BCUT2D eigenvalue weighted by atomic mass is 79.9. The molecule has 1 amide bonds. The molecule has 1 aromatic heterocycles. The molecule has 2 aromatic rings. The van der Waals surface area contributed by atoms with Crippen molar-refractivity contribution in [3.05, 3.63) is 52.6 Å². The van der Waals surface area contributed by atoms with E-state index >= 15 is 0 Å². The Morgan fingerprint density at radius 2 is 2.00 bits per heavy atom. The van der Waals surface area contributed by atoms with Crippen molar-refractivity contribution in [1.82, 2.24) is 4.98 Å². The zero-order chi connectivity index (χ0) is 15.9. The predicted octanol–water partition coefficient (Wildman–Crippen LogP) is 4.55. The molecular weight excluding hydrogens is 342 g/mol. The largest absolute Gasteiger partial charge is 0.370 e. The topological polar surface area (TPSA) is 54.0 Å². The number of rotatable bonds is 6. The minimum Gasteiger partial charge on any atom is -0.370 e. The number of pyridine rings is 1. The smallest absolute Gasteiger partial charge is 0.257 e. The van der Waals surface area contributed by atoms with Crippen LogP contribution in [0.15, 0.2) is 47.1 Å². The van der Waals surface area contributed by atoms with E-state index in [-0.39, 0.29) is 5.91 Å². The number of carbonyl (C=O) groups excluding carboxylic acids is 1. The summed E-state index contributed by atoms with van der Waals surface area (Å²) < 4.78 is 0.850. The number of hydrogen-bond donors (Lipinski definition) is 2. The Balaban J connectivity index is 1.95. The monoisotopic (exact) mass is 361 g/mol. The first-order valence-electron chi connectivity index (χ1n) is 7.32. The molecule has 22 heavy (non-hydrogen) atoms. The van der Waals surface area contributed by atoms with Crippen LogP contribution in [0.25, 0.3) is 0 Å². The summed E-state index contributed by atoms with van der Waals surface area (Å²) in [6.07, 6.45) is 2.68. The normalized spacial score (nSPS) is 10.5. The van der Waals surface area contributed by atoms with Crippen molar-refractivity contribution in [2.24, 2.45) is 5.92 Å². The molecule has 0 saturated carbocycles. The number of nitrogens with zero attached hydrogens (tertiary/aromatic N) is 1. The zero-order valence-corrected chi connectivity index (χ0v) is 14.4. The molecule has 0 radical (unpaired) electrons. The second-order valence-corrected chi connectivity index (χ2v) is 6.33. The van der Waals surface area contributed by atoms with Crippen LogP contribution in [-0.2, 0) is 0 Å². The van der Waals surface area contributed by atoms with Gasteiger partial charge in [0.05, 0.1) is 11.3 Å². The number of nitrogens with one attached hydrogen (secondary N) is 2. The van der Waals surface area contributed by atoms with Crippen molar-refractivity contribution < 1.29 is 4.79 Å². The van der Waals surface area contributed by atoms with Crippen LogP contribution < -0.4 is 10.6 Å². The molecular formula is C17H20BrN3O. The summed E-state index contributed by atoms with van der Waals surface area (Å²) in [5.74, 6) is 1.27. The summed E-state index contributed by atoms with van der Waals surface area (Å²) in [5.41, 5.74) is 1.27. The van der Waals surface area contributed by atoms with E-state index in [1.54, 1.807) is 12.3 Å². The molecule has 4 nitrogen and oxygen atoms in total. The number of hydrogen-bond acceptors (Lipinski definition) is 3. The molecule has 0 aliphatic carbocycles. The van der Waals surface area contributed by atoms with Crippen LogP contribution in [0.1, 0.15) is 30.6 Å². The van der Waals surface area contributed by atoms with E-state index in [0.717, 1.165) is 28.9 Å². The van der Waals surface area contributed by atoms with Crippen LogP contribution in [-0.4, -0.2) is 17.4 Å². The molecule has 0 spiro atoms. The average Bonchev–Trinajstić information content (AvgIpc) is 2.50. The number of anilines is 2. The summed E-state index contributed by atoms with van der Waals surface area (Å²) >= 11 is 3.41. The van der Waals surface area contributed by atoms with Crippen molar-refractivity contribution in [2.75, 3.05) is 17.2 Å². The Morgan fingerprint density at radius 1 is 1.23 bits per heavy atom. The van der Waals surface area contributed by atoms with Gasteiger partial charge in [-0.25, -0.2) is 4.98 Å². The van der Waals surface area contributed by atoms with Gasteiger partial charge >= 0.3 is 0 Å². The number of aromatic nitrogens is 1. The van der Waals surface area contributed by atoms with Gasteiger partial charge in [0, 0.05) is 17.2 Å².